The van der Waals surface area contributed by atoms with E-state index < -0.39 is 17.6 Å². The minimum Gasteiger partial charge on any atom is -0.400 e. The summed E-state index contributed by atoms with van der Waals surface area (Å²) in [7, 11) is 2.72. The van der Waals surface area contributed by atoms with E-state index in [1.807, 2.05) is 0 Å². The summed E-state index contributed by atoms with van der Waals surface area (Å²) >= 11 is 0. The monoisotopic (exact) mass is 448 g/mol. The fourth-order valence-corrected chi connectivity index (χ4v) is 3.52. The number of likely N-dealkylation sites (N-methyl/N-ethyl adjacent to an activating group) is 1. The van der Waals surface area contributed by atoms with Crippen molar-refractivity contribution in [1.29, 1.82) is 0 Å². The molecular weight excluding hydrogens is 428 g/mol. The Labute approximate surface area is 181 Å². The van der Waals surface area contributed by atoms with Gasteiger partial charge in [0.2, 0.25) is 0 Å². The first-order valence-corrected chi connectivity index (χ1v) is 9.59. The predicted octanol–water partition coefficient (Wildman–Crippen LogP) is 3.52. The molecule has 0 spiro atoms. The highest BCUT2D eigenvalue weighted by Gasteiger charge is 2.31. The number of alkyl halides is 3. The van der Waals surface area contributed by atoms with E-state index in [1.165, 1.54) is 12.4 Å². The number of carbonyl (C=O) groups excluding carboxylic acids is 1. The van der Waals surface area contributed by atoms with E-state index in [0.29, 0.717) is 41.5 Å². The van der Waals surface area contributed by atoms with Gasteiger partial charge in [-0.25, -0.2) is 4.39 Å². The standard InChI is InChI=1S/C21H16F4N4O.CH4O/c1-29-5-3-16-17(20(29)30)2-4-26-19(16)18-9-13(11-27-28-18)6-12-7-14(21(23,24)25)10-15(22)8-12;1-2/h2,4,7-11H,3,5-6H2,1H3;2H,1H3. The van der Waals surface area contributed by atoms with Gasteiger partial charge in [-0.15, -0.1) is 5.10 Å². The van der Waals surface area contributed by atoms with Crippen LogP contribution in [0.25, 0.3) is 11.4 Å². The summed E-state index contributed by atoms with van der Waals surface area (Å²) in [6, 6.07) is 5.75. The smallest absolute Gasteiger partial charge is 0.400 e. The summed E-state index contributed by atoms with van der Waals surface area (Å²) in [4.78, 5) is 18.4. The molecule has 1 amide bonds. The van der Waals surface area contributed by atoms with Crippen molar-refractivity contribution >= 4 is 5.91 Å². The largest absolute Gasteiger partial charge is 0.416 e. The molecule has 0 saturated carbocycles. The number of fused-ring (bicyclic) bond motifs is 1. The molecule has 0 atom stereocenters. The summed E-state index contributed by atoms with van der Waals surface area (Å²) in [6.07, 6.45) is -1.06. The summed E-state index contributed by atoms with van der Waals surface area (Å²) in [5.74, 6) is -1.06. The maximum atomic E-state index is 13.7. The van der Waals surface area contributed by atoms with Crippen LogP contribution in [0.4, 0.5) is 17.6 Å². The molecule has 0 unspecified atom stereocenters. The van der Waals surface area contributed by atoms with Crippen LogP contribution in [0.15, 0.2) is 42.7 Å². The molecule has 32 heavy (non-hydrogen) atoms. The summed E-state index contributed by atoms with van der Waals surface area (Å²) in [6.45, 7) is 0.543. The van der Waals surface area contributed by atoms with Crippen molar-refractivity contribution in [3.63, 3.8) is 0 Å². The van der Waals surface area contributed by atoms with Crippen molar-refractivity contribution in [2.24, 2.45) is 0 Å². The number of halogens is 4. The number of aliphatic hydroxyl groups excluding tert-OH is 1. The van der Waals surface area contributed by atoms with E-state index in [9.17, 15) is 22.4 Å². The number of nitrogens with zero attached hydrogens (tertiary/aromatic N) is 4. The maximum Gasteiger partial charge on any atom is 0.416 e. The molecule has 4 rings (SSSR count). The lowest BCUT2D eigenvalue weighted by atomic mass is 9.96. The van der Waals surface area contributed by atoms with Gasteiger partial charge in [-0.2, -0.15) is 18.3 Å². The highest BCUT2D eigenvalue weighted by atomic mass is 19.4. The Hall–Kier alpha value is -3.40. The zero-order valence-electron chi connectivity index (χ0n) is 17.3. The van der Waals surface area contributed by atoms with Crippen LogP contribution >= 0.6 is 0 Å². The number of rotatable bonds is 3. The average molecular weight is 448 g/mol. The lowest BCUT2D eigenvalue weighted by molar-refractivity contribution is -0.137. The summed E-state index contributed by atoms with van der Waals surface area (Å²) in [5.41, 5.74) is 1.91. The number of hydrogen-bond acceptors (Lipinski definition) is 5. The minimum absolute atomic E-state index is 0.0417. The Morgan fingerprint density at radius 2 is 1.88 bits per heavy atom. The Morgan fingerprint density at radius 3 is 2.59 bits per heavy atom. The molecule has 3 heterocycles. The third-order valence-corrected chi connectivity index (χ3v) is 4.98. The van der Waals surface area contributed by atoms with Crippen molar-refractivity contribution in [1.82, 2.24) is 20.1 Å². The molecule has 1 aliphatic rings. The van der Waals surface area contributed by atoms with Crippen LogP contribution in [0.5, 0.6) is 0 Å². The molecular formula is C22H20F4N4O2. The number of aliphatic hydroxyl groups is 1. The van der Waals surface area contributed by atoms with Crippen molar-refractivity contribution in [3.05, 3.63) is 76.4 Å². The van der Waals surface area contributed by atoms with Crippen molar-refractivity contribution in [2.75, 3.05) is 20.7 Å². The van der Waals surface area contributed by atoms with Crippen LogP contribution in [-0.4, -0.2) is 51.8 Å². The van der Waals surface area contributed by atoms with E-state index in [2.05, 4.69) is 15.2 Å². The van der Waals surface area contributed by atoms with Crippen LogP contribution < -0.4 is 0 Å². The molecule has 10 heteroatoms. The van der Waals surface area contributed by atoms with Gasteiger partial charge in [0.25, 0.3) is 5.91 Å². The van der Waals surface area contributed by atoms with Crippen LogP contribution in [0.1, 0.15) is 32.6 Å². The molecule has 168 valence electrons. The molecule has 3 aromatic rings. The molecule has 0 saturated heterocycles. The number of pyridine rings is 1. The first kappa shape index (κ1) is 23.3. The van der Waals surface area contributed by atoms with Gasteiger partial charge >= 0.3 is 6.18 Å². The van der Waals surface area contributed by atoms with E-state index in [4.69, 9.17) is 5.11 Å². The van der Waals surface area contributed by atoms with Gasteiger partial charge in [0.1, 0.15) is 11.5 Å². The quantitative estimate of drug-likeness (QED) is 0.621. The molecule has 2 aromatic heterocycles. The molecule has 1 N–H and O–H groups in total. The number of amides is 1. The van der Waals surface area contributed by atoms with Crippen LogP contribution in [0, 0.1) is 5.82 Å². The van der Waals surface area contributed by atoms with Crippen LogP contribution in [-0.2, 0) is 19.0 Å². The minimum atomic E-state index is -4.63. The second-order valence-electron chi connectivity index (χ2n) is 7.13. The normalized spacial score (nSPS) is 13.3. The number of hydrogen-bond donors (Lipinski definition) is 1. The first-order chi connectivity index (χ1) is 15.2. The van der Waals surface area contributed by atoms with Gasteiger partial charge in [0.15, 0.2) is 0 Å². The van der Waals surface area contributed by atoms with Crippen molar-refractivity contribution in [2.45, 2.75) is 19.0 Å². The second kappa shape index (κ2) is 9.39. The van der Waals surface area contributed by atoms with Gasteiger partial charge < -0.3 is 10.0 Å². The van der Waals surface area contributed by atoms with Crippen LogP contribution in [0.3, 0.4) is 0 Å². The van der Waals surface area contributed by atoms with Gasteiger partial charge in [-0.3, -0.25) is 9.78 Å². The Morgan fingerprint density at radius 1 is 1.12 bits per heavy atom. The van der Waals surface area contributed by atoms with Crippen molar-refractivity contribution in [3.8, 4) is 11.4 Å². The fourth-order valence-electron chi connectivity index (χ4n) is 3.52. The summed E-state index contributed by atoms with van der Waals surface area (Å²) < 4.78 is 52.6. The van der Waals surface area contributed by atoms with Gasteiger partial charge in [0, 0.05) is 32.5 Å². The van der Waals surface area contributed by atoms with E-state index >= 15 is 0 Å². The molecule has 0 radical (unpaired) electrons. The van der Waals surface area contributed by atoms with Crippen LogP contribution in [0.2, 0.25) is 0 Å². The fraction of sp³-hybridized carbons (Fsp3) is 0.273. The molecule has 0 bridgehead atoms. The van der Waals surface area contributed by atoms with E-state index in [1.54, 1.807) is 24.1 Å². The van der Waals surface area contributed by atoms with Gasteiger partial charge in [0.05, 0.1) is 17.5 Å². The molecule has 0 fully saturated rings. The molecule has 6 nitrogen and oxygen atoms in total. The zero-order valence-corrected chi connectivity index (χ0v) is 17.3. The van der Waals surface area contributed by atoms with Crippen molar-refractivity contribution < 1.29 is 27.5 Å². The first-order valence-electron chi connectivity index (χ1n) is 9.59. The number of carbonyl (C=O) groups is 1. The van der Waals surface area contributed by atoms with Gasteiger partial charge in [-0.05, 0) is 59.9 Å². The molecule has 1 aliphatic heterocycles. The average Bonchev–Trinajstić information content (AvgIpc) is 2.76. The number of aromatic nitrogens is 3. The Balaban J connectivity index is 0.00000141. The second-order valence-corrected chi connectivity index (χ2v) is 7.13. The Bertz CT molecular complexity index is 1140. The topological polar surface area (TPSA) is 79.2 Å². The third-order valence-electron chi connectivity index (χ3n) is 4.98. The van der Waals surface area contributed by atoms with E-state index in [-0.39, 0.29) is 17.9 Å². The molecule has 1 aromatic carbocycles. The lowest BCUT2D eigenvalue weighted by Gasteiger charge is -2.25. The maximum absolute atomic E-state index is 13.7. The third kappa shape index (κ3) is 4.91. The van der Waals surface area contributed by atoms with Gasteiger partial charge in [-0.1, -0.05) is 0 Å². The highest BCUT2D eigenvalue weighted by molar-refractivity contribution is 5.98. The van der Waals surface area contributed by atoms with E-state index in [0.717, 1.165) is 24.8 Å². The highest BCUT2D eigenvalue weighted by Crippen LogP contribution is 2.31. The molecule has 0 aliphatic carbocycles. The number of benzene rings is 1. The Kier molecular flexibility index (Phi) is 6.83. The zero-order chi connectivity index (χ0) is 23.5. The summed E-state index contributed by atoms with van der Waals surface area (Å²) in [5, 5.41) is 15.0. The predicted molar refractivity (Wildman–Crippen MR) is 108 cm³/mol. The SMILES string of the molecule is CN1CCc2c(ccnc2-c2cc(Cc3cc(F)cc(C(F)(F)F)c3)cnn2)C1=O.CO. The lowest BCUT2D eigenvalue weighted by Crippen LogP contribution is -2.34.